The van der Waals surface area contributed by atoms with E-state index in [0.29, 0.717) is 0 Å². The Hall–Kier alpha value is -1.10. The molecule has 0 aromatic carbocycles. The van der Waals surface area contributed by atoms with Gasteiger partial charge in [-0.15, -0.1) is 0 Å². The van der Waals surface area contributed by atoms with Gasteiger partial charge in [0.15, 0.2) is 0 Å². The van der Waals surface area contributed by atoms with E-state index in [1.165, 1.54) is 39.2 Å². The Morgan fingerprint density at radius 3 is 2.13 bits per heavy atom. The van der Waals surface area contributed by atoms with Crippen LogP contribution in [0.3, 0.4) is 0 Å². The van der Waals surface area contributed by atoms with Crippen LogP contribution in [-0.4, -0.2) is 31.1 Å². The molecule has 0 aromatic rings. The van der Waals surface area contributed by atoms with E-state index >= 15 is 0 Å². The molecule has 2 atom stereocenters. The number of esters is 1. The van der Waals surface area contributed by atoms with Crippen molar-refractivity contribution in [2.45, 2.75) is 90.6 Å². The first kappa shape index (κ1) is 21.9. The molecule has 0 bridgehead atoms. The van der Waals surface area contributed by atoms with Crippen molar-refractivity contribution in [2.24, 2.45) is 11.7 Å². The van der Waals surface area contributed by atoms with Crippen LogP contribution in [0.2, 0.25) is 0 Å². The highest BCUT2D eigenvalue weighted by Gasteiger charge is 2.22. The third kappa shape index (κ3) is 11.1. The van der Waals surface area contributed by atoms with E-state index in [-0.39, 0.29) is 30.3 Å². The van der Waals surface area contributed by atoms with E-state index in [0.717, 1.165) is 19.3 Å². The number of hydrogen-bond acceptors (Lipinski definition) is 4. The summed E-state index contributed by atoms with van der Waals surface area (Å²) in [6.45, 7) is 6.04. The van der Waals surface area contributed by atoms with Gasteiger partial charge in [-0.3, -0.25) is 9.59 Å². The molecule has 0 spiro atoms. The Kier molecular flexibility index (Phi) is 12.7. The summed E-state index contributed by atoms with van der Waals surface area (Å²) in [5.41, 5.74) is 5.87. The highest BCUT2D eigenvalue weighted by Crippen LogP contribution is 2.12. The van der Waals surface area contributed by atoms with Gasteiger partial charge in [0.1, 0.15) is 0 Å². The fraction of sp³-hybridized carbons (Fsp3) is 0.889. The van der Waals surface area contributed by atoms with Crippen LogP contribution in [0.4, 0.5) is 0 Å². The van der Waals surface area contributed by atoms with E-state index < -0.39 is 6.04 Å². The standard InChI is InChI=1S/C18H36N2O3/c1-5-6-7-8-9-10-11-12-15(13-16(21)23-4)20-18(22)17(19)14(2)3/h14-15,17H,5-13,19H2,1-4H3,(H,20,22)/t15-,17-/m0/s1. The van der Waals surface area contributed by atoms with E-state index in [1.807, 2.05) is 13.8 Å². The van der Waals surface area contributed by atoms with Gasteiger partial charge in [-0.1, -0.05) is 65.7 Å². The molecule has 5 heteroatoms. The summed E-state index contributed by atoms with van der Waals surface area (Å²) in [6.07, 6.45) is 9.46. The van der Waals surface area contributed by atoms with Crippen LogP contribution < -0.4 is 11.1 Å². The van der Waals surface area contributed by atoms with Crippen LogP contribution in [0.5, 0.6) is 0 Å². The van der Waals surface area contributed by atoms with E-state index in [4.69, 9.17) is 10.5 Å². The van der Waals surface area contributed by atoms with Gasteiger partial charge in [0, 0.05) is 6.04 Å². The largest absolute Gasteiger partial charge is 0.469 e. The summed E-state index contributed by atoms with van der Waals surface area (Å²) in [6, 6.07) is -0.723. The molecular formula is C18H36N2O3. The van der Waals surface area contributed by atoms with Gasteiger partial charge in [-0.25, -0.2) is 0 Å². The molecule has 0 fully saturated rings. The molecule has 0 aliphatic rings. The molecular weight excluding hydrogens is 292 g/mol. The highest BCUT2D eigenvalue weighted by molar-refractivity contribution is 5.82. The Labute approximate surface area is 141 Å². The van der Waals surface area contributed by atoms with Crippen molar-refractivity contribution < 1.29 is 14.3 Å². The Bertz CT molecular complexity index is 332. The Balaban J connectivity index is 4.19. The van der Waals surface area contributed by atoms with Gasteiger partial charge in [-0.05, 0) is 12.3 Å². The summed E-state index contributed by atoms with van der Waals surface area (Å²) in [5, 5.41) is 2.91. The minimum absolute atomic E-state index is 0.0762. The normalized spacial score (nSPS) is 13.7. The molecule has 0 aliphatic carbocycles. The molecule has 0 radical (unpaired) electrons. The first-order valence-electron chi connectivity index (χ1n) is 9.05. The molecule has 0 saturated carbocycles. The third-order valence-corrected chi connectivity index (χ3v) is 4.16. The molecule has 0 rings (SSSR count). The topological polar surface area (TPSA) is 81.4 Å². The monoisotopic (exact) mass is 328 g/mol. The fourth-order valence-corrected chi connectivity index (χ4v) is 2.46. The number of ether oxygens (including phenoxy) is 1. The smallest absolute Gasteiger partial charge is 0.307 e. The summed E-state index contributed by atoms with van der Waals surface area (Å²) in [4.78, 5) is 23.6. The lowest BCUT2D eigenvalue weighted by Crippen LogP contribution is -2.48. The Morgan fingerprint density at radius 1 is 1.04 bits per heavy atom. The molecule has 136 valence electrons. The minimum Gasteiger partial charge on any atom is -0.469 e. The van der Waals surface area contributed by atoms with Crippen molar-refractivity contribution in [3.63, 3.8) is 0 Å². The lowest BCUT2D eigenvalue weighted by atomic mass is 10.0. The quantitative estimate of drug-likeness (QED) is 0.402. The SMILES string of the molecule is CCCCCCCCC[C@@H](CC(=O)OC)NC(=O)[C@@H](N)C(C)C. The van der Waals surface area contributed by atoms with Crippen LogP contribution in [0.15, 0.2) is 0 Å². The molecule has 0 saturated heterocycles. The molecule has 1 amide bonds. The molecule has 0 aromatic heterocycles. The van der Waals surface area contributed by atoms with Crippen LogP contribution in [-0.2, 0) is 14.3 Å². The first-order valence-corrected chi connectivity index (χ1v) is 9.05. The predicted molar refractivity (Wildman–Crippen MR) is 94.0 cm³/mol. The molecule has 0 aliphatic heterocycles. The molecule has 3 N–H and O–H groups in total. The van der Waals surface area contributed by atoms with Crippen LogP contribution in [0.1, 0.15) is 78.6 Å². The van der Waals surface area contributed by atoms with Crippen molar-refractivity contribution in [1.29, 1.82) is 0 Å². The van der Waals surface area contributed by atoms with Gasteiger partial charge >= 0.3 is 5.97 Å². The van der Waals surface area contributed by atoms with E-state index in [1.54, 1.807) is 0 Å². The number of unbranched alkanes of at least 4 members (excludes halogenated alkanes) is 6. The summed E-state index contributed by atoms with van der Waals surface area (Å²) in [7, 11) is 1.37. The number of nitrogens with two attached hydrogens (primary N) is 1. The number of methoxy groups -OCH3 is 1. The van der Waals surface area contributed by atoms with E-state index in [2.05, 4.69) is 12.2 Å². The predicted octanol–water partition coefficient (Wildman–Crippen LogP) is 3.16. The maximum atomic E-state index is 12.1. The summed E-state index contributed by atoms with van der Waals surface area (Å²) >= 11 is 0. The number of carbonyl (C=O) groups excluding carboxylic acids is 2. The second kappa shape index (κ2) is 13.3. The maximum Gasteiger partial charge on any atom is 0.307 e. The Morgan fingerprint density at radius 2 is 1.61 bits per heavy atom. The van der Waals surface area contributed by atoms with E-state index in [9.17, 15) is 9.59 Å². The van der Waals surface area contributed by atoms with Crippen molar-refractivity contribution >= 4 is 11.9 Å². The number of rotatable bonds is 13. The van der Waals surface area contributed by atoms with Gasteiger partial charge in [0.2, 0.25) is 5.91 Å². The van der Waals surface area contributed by atoms with Crippen molar-refractivity contribution in [3.8, 4) is 0 Å². The highest BCUT2D eigenvalue weighted by atomic mass is 16.5. The second-order valence-electron chi connectivity index (χ2n) is 6.67. The number of hydrogen-bond donors (Lipinski definition) is 2. The maximum absolute atomic E-state index is 12.1. The minimum atomic E-state index is -0.538. The van der Waals surface area contributed by atoms with Crippen molar-refractivity contribution in [3.05, 3.63) is 0 Å². The zero-order valence-electron chi connectivity index (χ0n) is 15.4. The first-order chi connectivity index (χ1) is 10.9. The second-order valence-corrected chi connectivity index (χ2v) is 6.67. The molecule has 0 heterocycles. The van der Waals surface area contributed by atoms with Crippen molar-refractivity contribution in [2.75, 3.05) is 7.11 Å². The average molecular weight is 328 g/mol. The average Bonchev–Trinajstić information content (AvgIpc) is 2.52. The lowest BCUT2D eigenvalue weighted by molar-refractivity contribution is -0.141. The van der Waals surface area contributed by atoms with Crippen molar-refractivity contribution in [1.82, 2.24) is 5.32 Å². The number of nitrogens with one attached hydrogen (secondary N) is 1. The van der Waals surface area contributed by atoms with Crippen LogP contribution >= 0.6 is 0 Å². The fourth-order valence-electron chi connectivity index (χ4n) is 2.46. The zero-order chi connectivity index (χ0) is 17.7. The van der Waals surface area contributed by atoms with Gasteiger partial charge in [0.25, 0.3) is 0 Å². The summed E-state index contributed by atoms with van der Waals surface area (Å²) in [5.74, 6) is -0.402. The third-order valence-electron chi connectivity index (χ3n) is 4.16. The van der Waals surface area contributed by atoms with Crippen LogP contribution in [0.25, 0.3) is 0 Å². The van der Waals surface area contributed by atoms with Gasteiger partial charge in [0.05, 0.1) is 19.6 Å². The zero-order valence-corrected chi connectivity index (χ0v) is 15.4. The van der Waals surface area contributed by atoms with Gasteiger partial charge < -0.3 is 15.8 Å². The summed E-state index contributed by atoms with van der Waals surface area (Å²) < 4.78 is 4.72. The van der Waals surface area contributed by atoms with Crippen LogP contribution in [0, 0.1) is 5.92 Å². The lowest BCUT2D eigenvalue weighted by Gasteiger charge is -2.22. The number of amides is 1. The molecule has 5 nitrogen and oxygen atoms in total. The molecule has 0 unspecified atom stereocenters. The molecule has 23 heavy (non-hydrogen) atoms. The van der Waals surface area contributed by atoms with Gasteiger partial charge in [-0.2, -0.15) is 0 Å². The number of carbonyl (C=O) groups is 2.